The fourth-order valence-electron chi connectivity index (χ4n) is 4.98. The first-order valence-corrected chi connectivity index (χ1v) is 16.4. The molecule has 0 bridgehead atoms. The van der Waals surface area contributed by atoms with E-state index in [1.165, 1.54) is 64.4 Å². The van der Waals surface area contributed by atoms with Gasteiger partial charge in [0.05, 0.1) is 0 Å². The Morgan fingerprint density at radius 2 is 1.11 bits per heavy atom. The van der Waals surface area contributed by atoms with Crippen LogP contribution < -0.4 is 20.5 Å². The van der Waals surface area contributed by atoms with Crippen molar-refractivity contribution in [3.8, 4) is 32.7 Å². The number of benzene rings is 4. The zero-order valence-corrected chi connectivity index (χ0v) is 25.0. The largest absolute Gasteiger partial charge is 0.144 e. The summed E-state index contributed by atoms with van der Waals surface area (Å²) in [5.41, 5.74) is 9.39. The molecule has 6 aromatic rings. The zero-order chi connectivity index (χ0) is 25.9. The SMILES string of the molecule is Cc1cc(-c2ccccc2)cc(Pc2ccccc2)c1-c1c(C)cc(-c2cccs2)cc1Pc1cccs1. The summed E-state index contributed by atoms with van der Waals surface area (Å²) in [5, 5.41) is 8.59. The molecule has 0 fully saturated rings. The molecule has 4 heteroatoms. The molecule has 2 heterocycles. The smallest absolute Gasteiger partial charge is 0.0343 e. The van der Waals surface area contributed by atoms with Crippen LogP contribution in [0.2, 0.25) is 0 Å². The average Bonchev–Trinajstić information content (AvgIpc) is 3.65. The molecule has 2 unspecified atom stereocenters. The third kappa shape index (κ3) is 5.47. The molecule has 2 atom stereocenters. The summed E-state index contributed by atoms with van der Waals surface area (Å²) in [5.74, 6) is 0. The molecule has 2 aromatic heterocycles. The summed E-state index contributed by atoms with van der Waals surface area (Å²) >= 11 is 3.68. The molecular formula is C34H28P2S2. The van der Waals surface area contributed by atoms with E-state index in [0.717, 1.165) is 0 Å². The molecule has 0 amide bonds. The van der Waals surface area contributed by atoms with Crippen LogP contribution in [-0.4, -0.2) is 0 Å². The Hall–Kier alpha value is -2.86. The summed E-state index contributed by atoms with van der Waals surface area (Å²) in [7, 11) is 1.22. The van der Waals surface area contributed by atoms with Gasteiger partial charge < -0.3 is 0 Å². The van der Waals surface area contributed by atoms with E-state index in [0.29, 0.717) is 17.2 Å². The molecule has 0 spiro atoms. The van der Waals surface area contributed by atoms with Gasteiger partial charge in [0.15, 0.2) is 0 Å². The summed E-state index contributed by atoms with van der Waals surface area (Å²) in [6, 6.07) is 40.2. The van der Waals surface area contributed by atoms with Gasteiger partial charge in [-0.15, -0.1) is 22.7 Å². The highest BCUT2D eigenvalue weighted by Crippen LogP contribution is 2.37. The molecule has 186 valence electrons. The van der Waals surface area contributed by atoms with Gasteiger partial charge in [0.2, 0.25) is 0 Å². The Bertz CT molecular complexity index is 1650. The van der Waals surface area contributed by atoms with E-state index in [-0.39, 0.29) is 0 Å². The van der Waals surface area contributed by atoms with Crippen LogP contribution in [0.3, 0.4) is 0 Å². The number of thiophene rings is 2. The van der Waals surface area contributed by atoms with Crippen molar-refractivity contribution in [3.63, 3.8) is 0 Å². The van der Waals surface area contributed by atoms with Gasteiger partial charge in [-0.05, 0) is 118 Å². The lowest BCUT2D eigenvalue weighted by molar-refractivity contribution is 1.43. The van der Waals surface area contributed by atoms with Crippen molar-refractivity contribution in [2.24, 2.45) is 0 Å². The number of rotatable bonds is 7. The van der Waals surface area contributed by atoms with Gasteiger partial charge in [-0.25, -0.2) is 0 Å². The van der Waals surface area contributed by atoms with Crippen LogP contribution in [0.15, 0.2) is 120 Å². The van der Waals surface area contributed by atoms with E-state index in [9.17, 15) is 0 Å². The maximum atomic E-state index is 2.45. The van der Waals surface area contributed by atoms with Gasteiger partial charge in [-0.3, -0.25) is 0 Å². The Morgan fingerprint density at radius 1 is 0.500 bits per heavy atom. The van der Waals surface area contributed by atoms with E-state index < -0.39 is 0 Å². The first-order chi connectivity index (χ1) is 18.7. The van der Waals surface area contributed by atoms with Crippen molar-refractivity contribution in [3.05, 3.63) is 131 Å². The second-order valence-electron chi connectivity index (χ2n) is 9.37. The van der Waals surface area contributed by atoms with Crippen LogP contribution >= 0.6 is 39.8 Å². The van der Waals surface area contributed by atoms with Crippen molar-refractivity contribution < 1.29 is 0 Å². The first-order valence-electron chi connectivity index (χ1n) is 12.7. The summed E-state index contributed by atoms with van der Waals surface area (Å²) in [6.45, 7) is 4.60. The normalized spacial score (nSPS) is 11.7. The van der Waals surface area contributed by atoms with Gasteiger partial charge in [0.25, 0.3) is 0 Å². The quantitative estimate of drug-likeness (QED) is 0.171. The van der Waals surface area contributed by atoms with Gasteiger partial charge in [-0.2, -0.15) is 0 Å². The van der Waals surface area contributed by atoms with Gasteiger partial charge in [0, 0.05) is 9.50 Å². The topological polar surface area (TPSA) is 0 Å². The van der Waals surface area contributed by atoms with Gasteiger partial charge in [-0.1, -0.05) is 87.4 Å². The maximum absolute atomic E-state index is 2.45. The molecule has 0 aliphatic carbocycles. The van der Waals surface area contributed by atoms with Gasteiger partial charge >= 0.3 is 0 Å². The molecule has 0 aliphatic heterocycles. The predicted molar refractivity (Wildman–Crippen MR) is 176 cm³/mol. The summed E-state index contributed by atoms with van der Waals surface area (Å²) < 4.78 is 1.43. The summed E-state index contributed by atoms with van der Waals surface area (Å²) in [4.78, 5) is 1.33. The molecule has 0 radical (unpaired) electrons. The number of aryl methyl sites for hydroxylation is 2. The van der Waals surface area contributed by atoms with E-state index >= 15 is 0 Å². The lowest BCUT2D eigenvalue weighted by Crippen LogP contribution is -2.15. The van der Waals surface area contributed by atoms with Crippen LogP contribution in [-0.2, 0) is 0 Å². The molecule has 38 heavy (non-hydrogen) atoms. The molecule has 0 nitrogen and oxygen atoms in total. The molecule has 0 N–H and O–H groups in total. The van der Waals surface area contributed by atoms with Crippen LogP contribution in [0, 0.1) is 13.8 Å². The molecule has 0 saturated carbocycles. The highest BCUT2D eigenvalue weighted by atomic mass is 32.1. The lowest BCUT2D eigenvalue weighted by atomic mass is 9.92. The van der Waals surface area contributed by atoms with E-state index in [2.05, 4.69) is 134 Å². The zero-order valence-electron chi connectivity index (χ0n) is 21.4. The average molecular weight is 563 g/mol. The second kappa shape index (κ2) is 11.5. The predicted octanol–water partition coefficient (Wildman–Crippen LogP) is 8.69. The Balaban J connectivity index is 1.58. The minimum Gasteiger partial charge on any atom is -0.144 e. The van der Waals surface area contributed by atoms with Crippen LogP contribution in [0.5, 0.6) is 0 Å². The van der Waals surface area contributed by atoms with E-state index in [1.807, 2.05) is 22.7 Å². The van der Waals surface area contributed by atoms with E-state index in [4.69, 9.17) is 0 Å². The lowest BCUT2D eigenvalue weighted by Gasteiger charge is -2.22. The summed E-state index contributed by atoms with van der Waals surface area (Å²) in [6.07, 6.45) is 0. The molecule has 6 rings (SSSR count). The van der Waals surface area contributed by atoms with Crippen molar-refractivity contribution in [1.29, 1.82) is 0 Å². The van der Waals surface area contributed by atoms with Crippen molar-refractivity contribution in [1.82, 2.24) is 0 Å². The number of hydrogen-bond acceptors (Lipinski definition) is 2. The van der Waals surface area contributed by atoms with Crippen molar-refractivity contribution in [2.45, 2.75) is 13.8 Å². The number of hydrogen-bond donors (Lipinski definition) is 0. The fourth-order valence-corrected chi connectivity index (χ4v) is 9.39. The van der Waals surface area contributed by atoms with Crippen LogP contribution in [0.4, 0.5) is 0 Å². The molecular weight excluding hydrogens is 534 g/mol. The monoisotopic (exact) mass is 562 g/mol. The Labute approximate surface area is 237 Å². The standard InChI is InChI=1S/C34H28P2S2/c1-23-19-26(25-11-5-3-6-12-25)21-29(35-28-13-7-4-8-14-28)33(23)34-24(2)20-27(31-15-9-17-37-31)22-30(34)36-32-16-10-18-38-32/h3-22,35-36H,1-2H3. The minimum atomic E-state index is 0.588. The Kier molecular flexibility index (Phi) is 7.68. The van der Waals surface area contributed by atoms with Crippen molar-refractivity contribution >= 4 is 60.4 Å². The maximum Gasteiger partial charge on any atom is 0.0343 e. The van der Waals surface area contributed by atoms with E-state index in [1.54, 1.807) is 0 Å². The Morgan fingerprint density at radius 3 is 1.76 bits per heavy atom. The van der Waals surface area contributed by atoms with Gasteiger partial charge in [0.1, 0.15) is 0 Å². The van der Waals surface area contributed by atoms with Crippen LogP contribution in [0.1, 0.15) is 11.1 Å². The second-order valence-corrected chi connectivity index (χ2v) is 14.3. The third-order valence-electron chi connectivity index (χ3n) is 6.67. The fraction of sp³-hybridized carbons (Fsp3) is 0.0588. The molecule has 0 aliphatic rings. The van der Waals surface area contributed by atoms with Crippen molar-refractivity contribution in [2.75, 3.05) is 0 Å². The minimum absolute atomic E-state index is 0.588. The third-order valence-corrected chi connectivity index (χ3v) is 11.3. The van der Waals surface area contributed by atoms with Crippen LogP contribution in [0.25, 0.3) is 32.7 Å². The molecule has 0 saturated heterocycles. The molecule has 4 aromatic carbocycles. The first kappa shape index (κ1) is 25.4. The highest BCUT2D eigenvalue weighted by molar-refractivity contribution is 7.63. The highest BCUT2D eigenvalue weighted by Gasteiger charge is 2.19.